The molecule has 0 radical (unpaired) electrons. The fraction of sp³-hybridized carbons (Fsp3) is 0.625. The Bertz CT molecular complexity index is 1050. The Kier molecular flexibility index (Phi) is 9.97. The number of carbonyl (C=O) groups is 3. The smallest absolute Gasteiger partial charge is 0.425 e. The van der Waals surface area contributed by atoms with Crippen LogP contribution in [0.5, 0.6) is 0 Å². The Morgan fingerprint density at radius 1 is 1.19 bits per heavy atom. The van der Waals surface area contributed by atoms with Gasteiger partial charge in [0.25, 0.3) is 10.0 Å². The summed E-state index contributed by atoms with van der Waals surface area (Å²) in [4.78, 5) is 39.1. The lowest BCUT2D eigenvalue weighted by molar-refractivity contribution is -0.162. The molecule has 3 N–H and O–H groups in total. The van der Waals surface area contributed by atoms with Crippen molar-refractivity contribution in [2.75, 3.05) is 12.3 Å². The molecule has 2 atom stereocenters. The Labute approximate surface area is 217 Å². The second-order valence-electron chi connectivity index (χ2n) is 10.4. The average Bonchev–Trinajstić information content (AvgIpc) is 3.11. The van der Waals surface area contributed by atoms with Crippen molar-refractivity contribution in [3.05, 3.63) is 29.8 Å². The number of carbonyl (C=O) groups excluding carboxylic acids is 3. The van der Waals surface area contributed by atoms with Crippen molar-refractivity contribution in [1.29, 1.82) is 0 Å². The number of unbranched alkanes of at least 4 members (excludes halogenated alkanes) is 1. The number of thioether (sulfide) groups is 1. The van der Waals surface area contributed by atoms with E-state index < -0.39 is 45.1 Å². The molecule has 10 nitrogen and oxygen atoms in total. The van der Waals surface area contributed by atoms with Gasteiger partial charge in [0.2, 0.25) is 0 Å². The molecule has 36 heavy (non-hydrogen) atoms. The number of rotatable bonds is 9. The van der Waals surface area contributed by atoms with Crippen LogP contribution in [0.1, 0.15) is 59.4 Å². The zero-order valence-electron chi connectivity index (χ0n) is 21.7. The maximum absolute atomic E-state index is 13.7. The largest absolute Gasteiger partial charge is 0.443 e. The third-order valence-corrected chi connectivity index (χ3v) is 8.51. The third kappa shape index (κ3) is 8.19. The van der Waals surface area contributed by atoms with E-state index in [2.05, 4.69) is 5.32 Å². The summed E-state index contributed by atoms with van der Waals surface area (Å²) in [5, 5.41) is 2.27. The van der Waals surface area contributed by atoms with E-state index >= 15 is 0 Å². The van der Waals surface area contributed by atoms with Crippen LogP contribution in [0.25, 0.3) is 0 Å². The standard InChI is InChI=1S/C24H37N3O7S2/c1-16-10-12-17(13-11-16)36(31,32)27(22(30)34-23(2,3)4)18(9-7-8-14-25)20(28)33-21(29)19-26-24(5,6)15-35-19/h10-13,18-19,26H,7-9,14-15,25H2,1-6H3/t18-,19-/m0/s1. The van der Waals surface area contributed by atoms with Crippen LogP contribution in [-0.4, -0.2) is 65.6 Å². The molecule has 0 bridgehead atoms. The van der Waals surface area contributed by atoms with Gasteiger partial charge in [-0.15, -0.1) is 11.8 Å². The van der Waals surface area contributed by atoms with Gasteiger partial charge in [0, 0.05) is 11.3 Å². The fourth-order valence-corrected chi connectivity index (χ4v) is 6.13. The number of nitrogens with one attached hydrogen (secondary N) is 1. The normalized spacial score (nSPS) is 18.4. The number of amides is 1. The lowest BCUT2D eigenvalue weighted by atomic mass is 10.1. The van der Waals surface area contributed by atoms with E-state index in [0.29, 0.717) is 29.4 Å². The predicted octanol–water partition coefficient (Wildman–Crippen LogP) is 2.93. The number of ether oxygens (including phenoxy) is 2. The minimum absolute atomic E-state index is 0.0929. The summed E-state index contributed by atoms with van der Waals surface area (Å²) < 4.78 is 38.2. The lowest BCUT2D eigenvalue weighted by Gasteiger charge is -2.31. The molecule has 0 spiro atoms. The topological polar surface area (TPSA) is 145 Å². The maximum Gasteiger partial charge on any atom is 0.425 e. The van der Waals surface area contributed by atoms with Crippen molar-refractivity contribution in [3.63, 3.8) is 0 Å². The van der Waals surface area contributed by atoms with Gasteiger partial charge in [-0.1, -0.05) is 17.7 Å². The molecule has 1 aromatic carbocycles. The van der Waals surface area contributed by atoms with Gasteiger partial charge in [-0.2, -0.15) is 4.31 Å². The van der Waals surface area contributed by atoms with Crippen molar-refractivity contribution in [2.24, 2.45) is 5.73 Å². The Balaban J connectivity index is 2.46. The molecule has 1 heterocycles. The van der Waals surface area contributed by atoms with Gasteiger partial charge in [-0.05, 0) is 79.5 Å². The molecule has 2 rings (SSSR count). The zero-order valence-corrected chi connectivity index (χ0v) is 23.3. The minimum atomic E-state index is -4.55. The van der Waals surface area contributed by atoms with E-state index in [0.717, 1.165) is 5.56 Å². The summed E-state index contributed by atoms with van der Waals surface area (Å²) >= 11 is 1.28. The Hall–Kier alpha value is -2.15. The molecular weight excluding hydrogens is 506 g/mol. The van der Waals surface area contributed by atoms with Crippen molar-refractivity contribution in [1.82, 2.24) is 9.62 Å². The van der Waals surface area contributed by atoms with Gasteiger partial charge < -0.3 is 15.2 Å². The molecule has 1 aromatic rings. The molecule has 1 aliphatic heterocycles. The molecule has 0 aliphatic carbocycles. The summed E-state index contributed by atoms with van der Waals surface area (Å²) in [5.41, 5.74) is 5.01. The van der Waals surface area contributed by atoms with Gasteiger partial charge in [-0.25, -0.2) is 22.8 Å². The Morgan fingerprint density at radius 3 is 2.31 bits per heavy atom. The van der Waals surface area contributed by atoms with E-state index in [1.54, 1.807) is 39.8 Å². The van der Waals surface area contributed by atoms with Crippen LogP contribution in [0.4, 0.5) is 4.79 Å². The van der Waals surface area contributed by atoms with E-state index in [4.69, 9.17) is 15.2 Å². The fourth-order valence-electron chi connectivity index (χ4n) is 3.41. The molecular formula is C24H37N3O7S2. The zero-order chi connectivity index (χ0) is 27.3. The molecule has 1 amide bonds. The van der Waals surface area contributed by atoms with Crippen LogP contribution in [0.2, 0.25) is 0 Å². The van der Waals surface area contributed by atoms with Crippen molar-refractivity contribution in [3.8, 4) is 0 Å². The van der Waals surface area contributed by atoms with Gasteiger partial charge in [0.15, 0.2) is 5.37 Å². The molecule has 202 valence electrons. The van der Waals surface area contributed by atoms with Crippen LogP contribution in [0, 0.1) is 6.92 Å². The second kappa shape index (κ2) is 11.9. The number of nitrogens with two attached hydrogens (primary N) is 1. The highest BCUT2D eigenvalue weighted by Crippen LogP contribution is 2.28. The van der Waals surface area contributed by atoms with E-state index in [9.17, 15) is 22.8 Å². The number of hydrogen-bond donors (Lipinski definition) is 2. The van der Waals surface area contributed by atoms with E-state index in [-0.39, 0.29) is 16.9 Å². The first-order chi connectivity index (χ1) is 16.6. The average molecular weight is 544 g/mol. The van der Waals surface area contributed by atoms with Gasteiger partial charge >= 0.3 is 18.0 Å². The highest BCUT2D eigenvalue weighted by Gasteiger charge is 2.44. The van der Waals surface area contributed by atoms with E-state index in [1.807, 2.05) is 13.8 Å². The third-order valence-electron chi connectivity index (χ3n) is 5.19. The lowest BCUT2D eigenvalue weighted by Crippen LogP contribution is -2.52. The first-order valence-electron chi connectivity index (χ1n) is 11.8. The number of benzene rings is 1. The second-order valence-corrected chi connectivity index (χ2v) is 13.3. The molecule has 0 unspecified atom stereocenters. The Morgan fingerprint density at radius 2 is 1.81 bits per heavy atom. The first kappa shape index (κ1) is 30.1. The van der Waals surface area contributed by atoms with Crippen LogP contribution < -0.4 is 11.1 Å². The van der Waals surface area contributed by atoms with Crippen LogP contribution in [0.3, 0.4) is 0 Å². The number of hydrogen-bond acceptors (Lipinski definition) is 10. The molecule has 12 heteroatoms. The highest BCUT2D eigenvalue weighted by atomic mass is 32.2. The van der Waals surface area contributed by atoms with Crippen molar-refractivity contribution in [2.45, 2.75) is 88.3 Å². The summed E-state index contributed by atoms with van der Waals surface area (Å²) in [5.74, 6) is -1.38. The number of esters is 2. The monoisotopic (exact) mass is 543 g/mol. The number of nitrogens with zero attached hydrogens (tertiary/aromatic N) is 1. The van der Waals surface area contributed by atoms with Crippen molar-refractivity contribution < 1.29 is 32.3 Å². The maximum atomic E-state index is 13.7. The van der Waals surface area contributed by atoms with Crippen LogP contribution in [-0.2, 0) is 29.1 Å². The molecule has 1 aliphatic rings. The summed E-state index contributed by atoms with van der Waals surface area (Å²) in [7, 11) is -4.55. The molecule has 0 aromatic heterocycles. The SMILES string of the molecule is Cc1ccc(S(=O)(=O)N(C(=O)OC(C)(C)C)[C@@H](CCCCN)C(=O)OC(=O)[C@H]2NC(C)(C)CS2)cc1. The summed E-state index contributed by atoms with van der Waals surface area (Å²) in [6, 6.07) is 4.22. The van der Waals surface area contributed by atoms with Gasteiger partial charge in [0.05, 0.1) is 4.90 Å². The molecule has 1 saturated heterocycles. The quantitative estimate of drug-likeness (QED) is 0.271. The highest BCUT2D eigenvalue weighted by molar-refractivity contribution is 8.00. The summed E-state index contributed by atoms with van der Waals surface area (Å²) in [6.07, 6.45) is -0.542. The number of aryl methyl sites for hydroxylation is 1. The molecule has 1 fully saturated rings. The van der Waals surface area contributed by atoms with Crippen LogP contribution in [0.15, 0.2) is 29.2 Å². The number of sulfonamides is 1. The van der Waals surface area contributed by atoms with Crippen molar-refractivity contribution >= 4 is 39.8 Å². The predicted molar refractivity (Wildman–Crippen MR) is 138 cm³/mol. The first-order valence-corrected chi connectivity index (χ1v) is 14.3. The minimum Gasteiger partial charge on any atom is -0.443 e. The van der Waals surface area contributed by atoms with Gasteiger partial charge in [-0.3, -0.25) is 5.32 Å². The summed E-state index contributed by atoms with van der Waals surface area (Å²) in [6.45, 7) is 10.6. The van der Waals surface area contributed by atoms with E-state index in [1.165, 1.54) is 23.9 Å². The van der Waals surface area contributed by atoms with Crippen LogP contribution >= 0.6 is 11.8 Å². The van der Waals surface area contributed by atoms with Gasteiger partial charge in [0.1, 0.15) is 11.6 Å². The molecule has 0 saturated carbocycles.